The molecule has 2 aliphatic rings. The van der Waals surface area contributed by atoms with Crippen LogP contribution in [0.15, 0.2) is 18.2 Å². The smallest absolute Gasteiger partial charge is 0.244 e. The summed E-state index contributed by atoms with van der Waals surface area (Å²) < 4.78 is 19.5. The van der Waals surface area contributed by atoms with Gasteiger partial charge in [-0.15, -0.1) is 12.4 Å². The summed E-state index contributed by atoms with van der Waals surface area (Å²) in [5.41, 5.74) is 5.70. The molecule has 0 radical (unpaired) electrons. The number of nitrogens with one attached hydrogen (secondary N) is 1. The summed E-state index contributed by atoms with van der Waals surface area (Å²) in [6.45, 7) is 0. The van der Waals surface area contributed by atoms with Crippen molar-refractivity contribution in [1.82, 2.24) is 0 Å². The monoisotopic (exact) mass is 328 g/mol. The van der Waals surface area contributed by atoms with Gasteiger partial charge in [0.05, 0.1) is 11.6 Å². The van der Waals surface area contributed by atoms with Gasteiger partial charge in [0.1, 0.15) is 0 Å². The number of benzene rings is 1. The molecule has 2 saturated carbocycles. The third kappa shape index (κ3) is 3.52. The van der Waals surface area contributed by atoms with Crippen molar-refractivity contribution in [1.29, 1.82) is 0 Å². The molecule has 0 heterocycles. The summed E-state index contributed by atoms with van der Waals surface area (Å²) in [6, 6.07) is 4.53. The molecule has 1 amide bonds. The Balaban J connectivity index is 0.00000176. The Morgan fingerprint density at radius 1 is 1.27 bits per heavy atom. The predicted molar refractivity (Wildman–Crippen MR) is 85.9 cm³/mol. The van der Waals surface area contributed by atoms with Crippen LogP contribution in [0.3, 0.4) is 0 Å². The van der Waals surface area contributed by atoms with Gasteiger partial charge < -0.3 is 15.8 Å². The zero-order chi connectivity index (χ0) is 14.9. The van der Waals surface area contributed by atoms with Crippen molar-refractivity contribution in [2.75, 3.05) is 5.32 Å². The molecule has 0 aliphatic heterocycles. The van der Waals surface area contributed by atoms with Crippen LogP contribution in [0.2, 0.25) is 0 Å². The first kappa shape index (κ1) is 17.0. The molecule has 0 bridgehead atoms. The lowest BCUT2D eigenvalue weighted by Gasteiger charge is -2.26. The van der Waals surface area contributed by atoms with Gasteiger partial charge in [0, 0.05) is 11.8 Å². The van der Waals surface area contributed by atoms with E-state index in [1.807, 2.05) is 0 Å². The van der Waals surface area contributed by atoms with Gasteiger partial charge in [-0.2, -0.15) is 0 Å². The van der Waals surface area contributed by atoms with Crippen LogP contribution in [0.1, 0.15) is 44.9 Å². The Morgan fingerprint density at radius 2 is 1.95 bits per heavy atom. The fourth-order valence-electron chi connectivity index (χ4n) is 2.83. The van der Waals surface area contributed by atoms with Crippen molar-refractivity contribution in [3.63, 3.8) is 0 Å². The van der Waals surface area contributed by atoms with Crippen LogP contribution >= 0.6 is 12.4 Å². The zero-order valence-corrected chi connectivity index (χ0v) is 13.3. The third-order valence-electron chi connectivity index (χ3n) is 4.48. The van der Waals surface area contributed by atoms with Crippen molar-refractivity contribution in [3.8, 4) is 5.75 Å². The van der Waals surface area contributed by atoms with Crippen molar-refractivity contribution < 1.29 is 13.9 Å². The van der Waals surface area contributed by atoms with E-state index in [0.717, 1.165) is 32.1 Å². The molecule has 1 aromatic rings. The molecule has 6 heteroatoms. The summed E-state index contributed by atoms with van der Waals surface area (Å²) in [5.74, 6) is -0.426. The second-order valence-corrected chi connectivity index (χ2v) is 6.13. The van der Waals surface area contributed by atoms with E-state index in [9.17, 15) is 9.18 Å². The fourth-order valence-corrected chi connectivity index (χ4v) is 2.83. The highest BCUT2D eigenvalue weighted by Crippen LogP contribution is 2.30. The Kier molecular flexibility index (Phi) is 5.29. The Bertz CT molecular complexity index is 543. The minimum Gasteiger partial charge on any atom is -0.487 e. The quantitative estimate of drug-likeness (QED) is 0.890. The lowest BCUT2D eigenvalue weighted by atomic mass is 9.96. The number of amides is 1. The second-order valence-electron chi connectivity index (χ2n) is 6.13. The van der Waals surface area contributed by atoms with Crippen LogP contribution in [0, 0.1) is 5.82 Å². The largest absolute Gasteiger partial charge is 0.487 e. The summed E-state index contributed by atoms with van der Waals surface area (Å²) in [4.78, 5) is 12.2. The van der Waals surface area contributed by atoms with E-state index < -0.39 is 11.4 Å². The Labute approximate surface area is 136 Å². The van der Waals surface area contributed by atoms with E-state index in [1.54, 1.807) is 12.1 Å². The molecule has 2 fully saturated rings. The lowest BCUT2D eigenvalue weighted by Crippen LogP contribution is -2.48. The van der Waals surface area contributed by atoms with Crippen LogP contribution in [0.4, 0.5) is 10.1 Å². The molecule has 22 heavy (non-hydrogen) atoms. The first-order chi connectivity index (χ1) is 10.1. The standard InChI is InChI=1S/C16H21FN2O2.ClH/c17-13-10-11(6-7-14(13)21-12-4-3-5-12)19-15(20)16(18)8-1-2-9-16;/h6-7,10,12H,1-5,8-9,18H2,(H,19,20);1H. The molecule has 1 aromatic carbocycles. The average molecular weight is 329 g/mol. The van der Waals surface area contributed by atoms with Crippen LogP contribution < -0.4 is 15.8 Å². The summed E-state index contributed by atoms with van der Waals surface area (Å²) in [5, 5.41) is 2.71. The third-order valence-corrected chi connectivity index (χ3v) is 4.48. The SMILES string of the molecule is Cl.NC1(C(=O)Nc2ccc(OC3CCC3)c(F)c2)CCCC1. The van der Waals surface area contributed by atoms with Crippen LogP contribution in [-0.2, 0) is 4.79 Å². The minimum absolute atomic E-state index is 0. The molecule has 0 unspecified atom stereocenters. The van der Waals surface area contributed by atoms with Crippen LogP contribution in [0.5, 0.6) is 5.75 Å². The average Bonchev–Trinajstić information content (AvgIpc) is 2.84. The van der Waals surface area contributed by atoms with Crippen molar-refractivity contribution in [2.45, 2.75) is 56.6 Å². The van der Waals surface area contributed by atoms with Crippen LogP contribution in [-0.4, -0.2) is 17.6 Å². The number of hydrogen-bond acceptors (Lipinski definition) is 3. The number of halogens is 2. The Hall–Kier alpha value is -1.33. The van der Waals surface area contributed by atoms with Gasteiger partial charge in [-0.3, -0.25) is 4.79 Å². The molecule has 3 rings (SSSR count). The first-order valence-electron chi connectivity index (χ1n) is 7.63. The highest BCUT2D eigenvalue weighted by Gasteiger charge is 2.37. The number of anilines is 1. The highest BCUT2D eigenvalue weighted by molar-refractivity contribution is 5.98. The number of nitrogens with two attached hydrogens (primary N) is 1. The molecule has 0 spiro atoms. The van der Waals surface area contributed by atoms with E-state index in [1.165, 1.54) is 6.07 Å². The molecule has 0 atom stereocenters. The maximum absolute atomic E-state index is 14.0. The number of rotatable bonds is 4. The molecule has 2 aliphatic carbocycles. The van der Waals surface area contributed by atoms with Crippen molar-refractivity contribution in [2.24, 2.45) is 5.73 Å². The molecule has 0 aromatic heterocycles. The maximum Gasteiger partial charge on any atom is 0.244 e. The van der Waals surface area contributed by atoms with E-state index >= 15 is 0 Å². The van der Waals surface area contributed by atoms with E-state index in [-0.39, 0.29) is 30.2 Å². The molecule has 122 valence electrons. The Morgan fingerprint density at radius 3 is 2.50 bits per heavy atom. The van der Waals surface area contributed by atoms with E-state index in [2.05, 4.69) is 5.32 Å². The molecular weight excluding hydrogens is 307 g/mol. The second kappa shape index (κ2) is 6.84. The van der Waals surface area contributed by atoms with Crippen molar-refractivity contribution in [3.05, 3.63) is 24.0 Å². The van der Waals surface area contributed by atoms with Gasteiger partial charge in [-0.25, -0.2) is 4.39 Å². The number of ether oxygens (including phenoxy) is 1. The molecular formula is C16H22ClFN2O2. The van der Waals surface area contributed by atoms with Gasteiger partial charge in [0.2, 0.25) is 5.91 Å². The molecule has 4 nitrogen and oxygen atoms in total. The van der Waals surface area contributed by atoms with E-state index in [0.29, 0.717) is 18.5 Å². The summed E-state index contributed by atoms with van der Waals surface area (Å²) >= 11 is 0. The topological polar surface area (TPSA) is 64.4 Å². The minimum atomic E-state index is -0.808. The van der Waals surface area contributed by atoms with Gasteiger partial charge in [-0.1, -0.05) is 12.8 Å². The van der Waals surface area contributed by atoms with Gasteiger partial charge in [-0.05, 0) is 44.2 Å². The predicted octanol–water partition coefficient (Wildman–Crippen LogP) is 3.39. The van der Waals surface area contributed by atoms with Crippen LogP contribution in [0.25, 0.3) is 0 Å². The lowest BCUT2D eigenvalue weighted by molar-refractivity contribution is -0.121. The van der Waals surface area contributed by atoms with Gasteiger partial charge in [0.25, 0.3) is 0 Å². The number of carbonyl (C=O) groups is 1. The molecule has 0 saturated heterocycles. The number of carbonyl (C=O) groups excluding carboxylic acids is 1. The van der Waals surface area contributed by atoms with E-state index in [4.69, 9.17) is 10.5 Å². The summed E-state index contributed by atoms with van der Waals surface area (Å²) in [7, 11) is 0. The highest BCUT2D eigenvalue weighted by atomic mass is 35.5. The first-order valence-corrected chi connectivity index (χ1v) is 7.63. The molecule has 3 N–H and O–H groups in total. The maximum atomic E-state index is 14.0. The summed E-state index contributed by atoms with van der Waals surface area (Å²) in [6.07, 6.45) is 6.53. The van der Waals surface area contributed by atoms with Gasteiger partial charge >= 0.3 is 0 Å². The van der Waals surface area contributed by atoms with Crippen molar-refractivity contribution >= 4 is 24.0 Å². The fraction of sp³-hybridized carbons (Fsp3) is 0.562. The number of hydrogen-bond donors (Lipinski definition) is 2. The zero-order valence-electron chi connectivity index (χ0n) is 12.4. The normalized spacial score (nSPS) is 19.9. The van der Waals surface area contributed by atoms with Gasteiger partial charge in [0.15, 0.2) is 11.6 Å².